The predicted octanol–water partition coefficient (Wildman–Crippen LogP) is 4.01. The van der Waals surface area contributed by atoms with Crippen LogP contribution in [0, 0.1) is 0 Å². The lowest BCUT2D eigenvalue weighted by Crippen LogP contribution is -2.50. The average molecular weight is 485 g/mol. The number of aromatic nitrogens is 2. The molecule has 0 aliphatic rings. The van der Waals surface area contributed by atoms with Crippen LogP contribution in [0.3, 0.4) is 0 Å². The number of aryl methyl sites for hydroxylation is 1. The van der Waals surface area contributed by atoms with E-state index in [1.54, 1.807) is 49.1 Å². The zero-order valence-corrected chi connectivity index (χ0v) is 20.1. The monoisotopic (exact) mass is 484 g/mol. The minimum atomic E-state index is -1.62. The number of hydrogen-bond donors (Lipinski definition) is 4. The summed E-state index contributed by atoms with van der Waals surface area (Å²) < 4.78 is 2.84. The van der Waals surface area contributed by atoms with Gasteiger partial charge in [0, 0.05) is 35.9 Å². The zero-order chi connectivity index (χ0) is 24.5. The molecule has 0 aliphatic heterocycles. The molecule has 0 saturated heterocycles. The van der Waals surface area contributed by atoms with E-state index in [9.17, 15) is 9.90 Å². The molecule has 4 aromatic rings. The van der Waals surface area contributed by atoms with Crippen molar-refractivity contribution in [2.75, 3.05) is 0 Å². The number of amides is 1. The van der Waals surface area contributed by atoms with Crippen LogP contribution in [0.5, 0.6) is 0 Å². The van der Waals surface area contributed by atoms with Crippen LogP contribution in [0.25, 0.3) is 0 Å². The highest BCUT2D eigenvalue weighted by Gasteiger charge is 2.43. The minimum absolute atomic E-state index is 0.268. The van der Waals surface area contributed by atoms with Crippen LogP contribution in [-0.2, 0) is 16.8 Å². The SMILES string of the molecule is O=C(N[C@H](c1ccccc1)C(O)(c1cccnc1)c1cccnc1)[C@@H](CCc1ccccc1)NS. The number of aliphatic hydroxyl groups is 1. The predicted molar refractivity (Wildman–Crippen MR) is 139 cm³/mol. The Bertz CT molecular complexity index is 1160. The van der Waals surface area contributed by atoms with Crippen LogP contribution >= 0.6 is 12.8 Å². The van der Waals surface area contributed by atoms with Gasteiger partial charge < -0.3 is 10.4 Å². The maximum absolute atomic E-state index is 13.5. The second-order valence-corrected chi connectivity index (χ2v) is 8.57. The number of nitrogens with one attached hydrogen (secondary N) is 2. The summed E-state index contributed by atoms with van der Waals surface area (Å²) >= 11 is 4.23. The third-order valence-electron chi connectivity index (χ3n) is 6.08. The molecule has 0 aliphatic carbocycles. The van der Waals surface area contributed by atoms with E-state index in [0.29, 0.717) is 24.0 Å². The fourth-order valence-electron chi connectivity index (χ4n) is 4.20. The molecule has 0 fully saturated rings. The summed E-state index contributed by atoms with van der Waals surface area (Å²) in [6, 6.07) is 25.1. The molecule has 4 rings (SSSR count). The van der Waals surface area contributed by atoms with Gasteiger partial charge in [0.25, 0.3) is 0 Å². The Hall–Kier alpha value is -3.52. The number of benzene rings is 2. The molecule has 2 atom stereocenters. The zero-order valence-electron chi connectivity index (χ0n) is 19.2. The van der Waals surface area contributed by atoms with Gasteiger partial charge in [-0.25, -0.2) is 0 Å². The van der Waals surface area contributed by atoms with Crippen molar-refractivity contribution in [3.05, 3.63) is 132 Å². The number of hydrogen-bond acceptors (Lipinski definition) is 6. The van der Waals surface area contributed by atoms with Crippen molar-refractivity contribution < 1.29 is 9.90 Å². The average Bonchev–Trinajstić information content (AvgIpc) is 2.93. The van der Waals surface area contributed by atoms with E-state index in [2.05, 4.69) is 32.8 Å². The molecule has 3 N–H and O–H groups in total. The lowest BCUT2D eigenvalue weighted by Gasteiger charge is -2.38. The summed E-state index contributed by atoms with van der Waals surface area (Å²) in [5.41, 5.74) is 1.34. The first-order valence-electron chi connectivity index (χ1n) is 11.4. The van der Waals surface area contributed by atoms with Gasteiger partial charge in [0.2, 0.25) is 5.91 Å². The molecule has 1 amide bonds. The standard InChI is InChI=1S/C28H28N4O2S/c33-27(25(32-35)16-15-21-9-3-1-4-10-21)31-26(22-11-5-2-6-12-22)28(34,23-13-7-17-29-19-23)24-14-8-18-30-20-24/h1-14,17-20,25-26,32,34-35H,15-16H2,(H,31,33)/t25-,26-/m1/s1. The smallest absolute Gasteiger partial charge is 0.238 e. The van der Waals surface area contributed by atoms with Crippen LogP contribution in [0.4, 0.5) is 0 Å². The van der Waals surface area contributed by atoms with E-state index >= 15 is 0 Å². The molecule has 0 saturated carbocycles. The quantitative estimate of drug-likeness (QED) is 0.256. The number of thiol groups is 1. The second-order valence-electron chi connectivity index (χ2n) is 8.31. The van der Waals surface area contributed by atoms with Crippen molar-refractivity contribution in [2.45, 2.75) is 30.5 Å². The topological polar surface area (TPSA) is 87.1 Å². The number of rotatable bonds is 10. The first kappa shape index (κ1) is 24.6. The highest BCUT2D eigenvalue weighted by Crippen LogP contribution is 2.40. The number of nitrogens with zero attached hydrogens (tertiary/aromatic N) is 2. The molecular weight excluding hydrogens is 456 g/mol. The summed E-state index contributed by atoms with van der Waals surface area (Å²) in [6.07, 6.45) is 7.76. The normalized spacial score (nSPS) is 13.1. The van der Waals surface area contributed by atoms with Gasteiger partial charge in [-0.3, -0.25) is 19.5 Å². The van der Waals surface area contributed by atoms with Gasteiger partial charge in [-0.05, 0) is 36.1 Å². The first-order valence-corrected chi connectivity index (χ1v) is 11.9. The molecule has 2 heterocycles. The molecule has 6 nitrogen and oxygen atoms in total. The van der Waals surface area contributed by atoms with Crippen molar-refractivity contribution >= 4 is 18.7 Å². The number of carbonyl (C=O) groups is 1. The van der Waals surface area contributed by atoms with Crippen molar-refractivity contribution in [3.8, 4) is 0 Å². The van der Waals surface area contributed by atoms with E-state index < -0.39 is 17.7 Å². The number of pyridine rings is 2. The summed E-state index contributed by atoms with van der Waals surface area (Å²) in [4.78, 5) is 22.0. The summed E-state index contributed by atoms with van der Waals surface area (Å²) in [5.74, 6) is -0.268. The Labute approximate surface area is 211 Å². The first-order chi connectivity index (χ1) is 17.1. The van der Waals surface area contributed by atoms with Crippen molar-refractivity contribution in [2.24, 2.45) is 0 Å². The van der Waals surface area contributed by atoms with Crippen LogP contribution in [0.1, 0.15) is 34.7 Å². The molecule has 0 spiro atoms. The van der Waals surface area contributed by atoms with E-state index in [4.69, 9.17) is 0 Å². The Morgan fingerprint density at radius 2 is 1.43 bits per heavy atom. The van der Waals surface area contributed by atoms with E-state index in [-0.39, 0.29) is 5.91 Å². The lowest BCUT2D eigenvalue weighted by atomic mass is 9.78. The molecule has 2 aromatic carbocycles. The van der Waals surface area contributed by atoms with E-state index in [0.717, 1.165) is 11.1 Å². The summed E-state index contributed by atoms with van der Waals surface area (Å²) in [6.45, 7) is 0. The highest BCUT2D eigenvalue weighted by molar-refractivity contribution is 7.78. The Morgan fingerprint density at radius 1 is 0.857 bits per heavy atom. The number of carbonyl (C=O) groups excluding carboxylic acids is 1. The molecule has 7 heteroatoms. The van der Waals surface area contributed by atoms with Gasteiger partial charge in [-0.1, -0.05) is 85.6 Å². The second kappa shape index (κ2) is 11.8. The fourth-order valence-corrected chi connectivity index (χ4v) is 4.45. The van der Waals surface area contributed by atoms with Gasteiger partial charge in [-0.15, -0.1) is 0 Å². The van der Waals surface area contributed by atoms with E-state index in [1.165, 1.54) is 0 Å². The summed E-state index contributed by atoms with van der Waals surface area (Å²) in [7, 11) is 0. The van der Waals surface area contributed by atoms with Crippen LogP contribution in [0.2, 0.25) is 0 Å². The maximum Gasteiger partial charge on any atom is 0.238 e. The Morgan fingerprint density at radius 3 is 1.94 bits per heavy atom. The fraction of sp³-hybridized carbons (Fsp3) is 0.179. The van der Waals surface area contributed by atoms with Crippen LogP contribution in [-0.4, -0.2) is 27.0 Å². The third kappa shape index (κ3) is 5.77. The largest absolute Gasteiger partial charge is 0.378 e. The summed E-state index contributed by atoms with van der Waals surface area (Å²) in [5, 5.41) is 15.4. The van der Waals surface area contributed by atoms with Gasteiger partial charge in [0.15, 0.2) is 0 Å². The van der Waals surface area contributed by atoms with Crippen molar-refractivity contribution in [1.29, 1.82) is 0 Å². The lowest BCUT2D eigenvalue weighted by molar-refractivity contribution is -0.125. The maximum atomic E-state index is 13.5. The molecule has 178 valence electrons. The Balaban J connectivity index is 1.70. The third-order valence-corrected chi connectivity index (χ3v) is 6.39. The molecule has 0 bridgehead atoms. The van der Waals surface area contributed by atoms with Gasteiger partial charge in [0.1, 0.15) is 5.60 Å². The Kier molecular flexibility index (Phi) is 8.26. The molecule has 0 radical (unpaired) electrons. The van der Waals surface area contributed by atoms with Gasteiger partial charge in [-0.2, -0.15) is 0 Å². The highest BCUT2D eigenvalue weighted by atomic mass is 32.1. The molecule has 0 unspecified atom stereocenters. The molecule has 2 aromatic heterocycles. The van der Waals surface area contributed by atoms with Crippen molar-refractivity contribution in [1.82, 2.24) is 20.0 Å². The minimum Gasteiger partial charge on any atom is -0.378 e. The van der Waals surface area contributed by atoms with E-state index in [1.807, 2.05) is 60.7 Å². The van der Waals surface area contributed by atoms with Gasteiger partial charge in [0.05, 0.1) is 12.1 Å². The van der Waals surface area contributed by atoms with Crippen molar-refractivity contribution in [3.63, 3.8) is 0 Å². The van der Waals surface area contributed by atoms with Crippen LogP contribution < -0.4 is 10.0 Å². The van der Waals surface area contributed by atoms with Gasteiger partial charge >= 0.3 is 0 Å². The molecule has 35 heavy (non-hydrogen) atoms. The van der Waals surface area contributed by atoms with Crippen LogP contribution in [0.15, 0.2) is 110 Å². The molecular formula is C28H28N4O2S.